The van der Waals surface area contributed by atoms with Crippen LogP contribution in [0.3, 0.4) is 0 Å². The molecule has 1 N–H and O–H groups in total. The highest BCUT2D eigenvalue weighted by atomic mass is 16.5. The number of hydrogen-bond donors (Lipinski definition) is 1. The lowest BCUT2D eigenvalue weighted by molar-refractivity contribution is 0.0763. The second kappa shape index (κ2) is 4.56. The Labute approximate surface area is 98.0 Å². The van der Waals surface area contributed by atoms with Crippen LogP contribution in [-0.2, 0) is 10.2 Å². The molecular formula is C14H21NO. The van der Waals surface area contributed by atoms with Crippen molar-refractivity contribution in [3.05, 3.63) is 35.4 Å². The number of nitrogens with one attached hydrogen (secondary N) is 1. The maximum absolute atomic E-state index is 5.54. The van der Waals surface area contributed by atoms with Gasteiger partial charge in [-0.25, -0.2) is 0 Å². The molecule has 1 fully saturated rings. The second-order valence-corrected chi connectivity index (χ2v) is 5.42. The highest BCUT2D eigenvalue weighted by Gasteiger charge is 2.23. The third-order valence-corrected chi connectivity index (χ3v) is 3.07. The van der Waals surface area contributed by atoms with E-state index < -0.39 is 0 Å². The summed E-state index contributed by atoms with van der Waals surface area (Å²) in [5.74, 6) is 0. The van der Waals surface area contributed by atoms with Gasteiger partial charge in [0.05, 0.1) is 19.3 Å². The highest BCUT2D eigenvalue weighted by Crippen LogP contribution is 2.30. The van der Waals surface area contributed by atoms with E-state index in [-0.39, 0.29) is 5.41 Å². The van der Waals surface area contributed by atoms with E-state index in [0.29, 0.717) is 6.04 Å². The SMILES string of the molecule is CC(C)(C)c1ccccc1C1COCCN1. The molecular weight excluding hydrogens is 198 g/mol. The van der Waals surface area contributed by atoms with Crippen LogP contribution in [0, 0.1) is 0 Å². The fourth-order valence-corrected chi connectivity index (χ4v) is 2.25. The summed E-state index contributed by atoms with van der Waals surface area (Å²) < 4.78 is 5.54. The van der Waals surface area contributed by atoms with E-state index in [9.17, 15) is 0 Å². The Morgan fingerprint density at radius 3 is 2.62 bits per heavy atom. The Morgan fingerprint density at radius 2 is 2.00 bits per heavy atom. The van der Waals surface area contributed by atoms with Gasteiger partial charge in [0.15, 0.2) is 0 Å². The standard InChI is InChI=1S/C14H21NO/c1-14(2,3)12-7-5-4-6-11(12)13-10-16-9-8-15-13/h4-7,13,15H,8-10H2,1-3H3. The first-order valence-corrected chi connectivity index (χ1v) is 5.99. The number of morpholine rings is 1. The Balaban J connectivity index is 2.32. The molecule has 1 unspecified atom stereocenters. The maximum Gasteiger partial charge on any atom is 0.0662 e. The first kappa shape index (κ1) is 11.6. The second-order valence-electron chi connectivity index (χ2n) is 5.42. The average molecular weight is 219 g/mol. The molecule has 1 aromatic rings. The fraction of sp³-hybridized carbons (Fsp3) is 0.571. The van der Waals surface area contributed by atoms with Gasteiger partial charge in [-0.15, -0.1) is 0 Å². The van der Waals surface area contributed by atoms with Crippen LogP contribution >= 0.6 is 0 Å². The van der Waals surface area contributed by atoms with Gasteiger partial charge < -0.3 is 10.1 Å². The van der Waals surface area contributed by atoms with Crippen LogP contribution in [0.4, 0.5) is 0 Å². The van der Waals surface area contributed by atoms with Gasteiger partial charge in [0.25, 0.3) is 0 Å². The summed E-state index contributed by atoms with van der Waals surface area (Å²) in [5.41, 5.74) is 2.99. The van der Waals surface area contributed by atoms with Crippen molar-refractivity contribution in [3.8, 4) is 0 Å². The molecule has 0 saturated carbocycles. The Morgan fingerprint density at radius 1 is 1.25 bits per heavy atom. The van der Waals surface area contributed by atoms with Crippen LogP contribution in [0.2, 0.25) is 0 Å². The summed E-state index contributed by atoms with van der Waals surface area (Å²) in [5, 5.41) is 3.52. The topological polar surface area (TPSA) is 21.3 Å². The van der Waals surface area contributed by atoms with Gasteiger partial charge in [-0.2, -0.15) is 0 Å². The summed E-state index contributed by atoms with van der Waals surface area (Å²) >= 11 is 0. The summed E-state index contributed by atoms with van der Waals surface area (Å²) in [4.78, 5) is 0. The molecule has 1 saturated heterocycles. The van der Waals surface area contributed by atoms with Crippen molar-refractivity contribution in [1.29, 1.82) is 0 Å². The van der Waals surface area contributed by atoms with Crippen LogP contribution < -0.4 is 5.32 Å². The summed E-state index contributed by atoms with van der Waals surface area (Å²) in [7, 11) is 0. The van der Waals surface area contributed by atoms with Crippen molar-refractivity contribution in [2.75, 3.05) is 19.8 Å². The largest absolute Gasteiger partial charge is 0.378 e. The van der Waals surface area contributed by atoms with Crippen molar-refractivity contribution in [2.24, 2.45) is 0 Å². The Hall–Kier alpha value is -0.860. The van der Waals surface area contributed by atoms with Crippen LogP contribution in [0.25, 0.3) is 0 Å². The molecule has 1 heterocycles. The molecule has 1 atom stereocenters. The molecule has 1 aliphatic rings. The summed E-state index contributed by atoms with van der Waals surface area (Å²) in [6.45, 7) is 9.34. The zero-order valence-corrected chi connectivity index (χ0v) is 10.4. The van der Waals surface area contributed by atoms with E-state index in [1.807, 2.05) is 0 Å². The lowest BCUT2D eigenvalue weighted by Crippen LogP contribution is -2.36. The lowest BCUT2D eigenvalue weighted by atomic mass is 9.82. The molecule has 0 amide bonds. The first-order valence-electron chi connectivity index (χ1n) is 5.99. The van der Waals surface area contributed by atoms with Crippen molar-refractivity contribution in [2.45, 2.75) is 32.2 Å². The zero-order chi connectivity index (χ0) is 11.6. The average Bonchev–Trinajstić information content (AvgIpc) is 2.29. The fourth-order valence-electron chi connectivity index (χ4n) is 2.25. The van der Waals surface area contributed by atoms with E-state index in [0.717, 1.165) is 19.8 Å². The van der Waals surface area contributed by atoms with E-state index in [1.54, 1.807) is 0 Å². The molecule has 16 heavy (non-hydrogen) atoms. The number of ether oxygens (including phenoxy) is 1. The Bertz CT molecular complexity index is 348. The van der Waals surface area contributed by atoms with Crippen molar-refractivity contribution in [3.63, 3.8) is 0 Å². The Kier molecular flexibility index (Phi) is 3.31. The lowest BCUT2D eigenvalue weighted by Gasteiger charge is -2.30. The van der Waals surface area contributed by atoms with Crippen molar-refractivity contribution < 1.29 is 4.74 Å². The normalized spacial score (nSPS) is 22.1. The third-order valence-electron chi connectivity index (χ3n) is 3.07. The summed E-state index contributed by atoms with van der Waals surface area (Å²) in [6, 6.07) is 9.02. The van der Waals surface area contributed by atoms with Gasteiger partial charge >= 0.3 is 0 Å². The molecule has 1 aromatic carbocycles. The van der Waals surface area contributed by atoms with E-state index in [1.165, 1.54) is 11.1 Å². The minimum atomic E-state index is 0.190. The van der Waals surface area contributed by atoms with Gasteiger partial charge in [-0.1, -0.05) is 45.0 Å². The maximum atomic E-state index is 5.54. The van der Waals surface area contributed by atoms with E-state index in [4.69, 9.17) is 4.74 Å². The first-order chi connectivity index (χ1) is 7.59. The predicted molar refractivity (Wildman–Crippen MR) is 66.7 cm³/mol. The monoisotopic (exact) mass is 219 g/mol. The van der Waals surface area contributed by atoms with Gasteiger partial charge in [0, 0.05) is 6.54 Å². The van der Waals surface area contributed by atoms with Crippen LogP contribution in [-0.4, -0.2) is 19.8 Å². The molecule has 0 bridgehead atoms. The molecule has 2 rings (SSSR count). The zero-order valence-electron chi connectivity index (χ0n) is 10.4. The van der Waals surface area contributed by atoms with Crippen LogP contribution in [0.5, 0.6) is 0 Å². The molecule has 2 heteroatoms. The van der Waals surface area contributed by atoms with Gasteiger partial charge in [-0.05, 0) is 16.5 Å². The van der Waals surface area contributed by atoms with Gasteiger partial charge in [-0.3, -0.25) is 0 Å². The third kappa shape index (κ3) is 2.45. The minimum absolute atomic E-state index is 0.190. The van der Waals surface area contributed by atoms with Crippen LogP contribution in [0.1, 0.15) is 37.9 Å². The highest BCUT2D eigenvalue weighted by molar-refractivity contribution is 5.35. The molecule has 1 aliphatic heterocycles. The van der Waals surface area contributed by atoms with Gasteiger partial charge in [0.1, 0.15) is 0 Å². The number of hydrogen-bond acceptors (Lipinski definition) is 2. The molecule has 0 radical (unpaired) electrons. The molecule has 2 nitrogen and oxygen atoms in total. The quantitative estimate of drug-likeness (QED) is 0.784. The predicted octanol–water partition coefficient (Wildman–Crippen LogP) is 2.65. The summed E-state index contributed by atoms with van der Waals surface area (Å²) in [6.07, 6.45) is 0. The smallest absolute Gasteiger partial charge is 0.0662 e. The van der Waals surface area contributed by atoms with Crippen molar-refractivity contribution in [1.82, 2.24) is 5.32 Å². The van der Waals surface area contributed by atoms with Crippen molar-refractivity contribution >= 4 is 0 Å². The number of rotatable bonds is 1. The molecule has 0 aromatic heterocycles. The molecule has 0 aliphatic carbocycles. The van der Waals surface area contributed by atoms with Crippen LogP contribution in [0.15, 0.2) is 24.3 Å². The van der Waals surface area contributed by atoms with Gasteiger partial charge in [0.2, 0.25) is 0 Å². The van der Waals surface area contributed by atoms with E-state index in [2.05, 4.69) is 50.4 Å². The molecule has 88 valence electrons. The molecule has 0 spiro atoms. The number of benzene rings is 1. The van der Waals surface area contributed by atoms with E-state index >= 15 is 0 Å². The minimum Gasteiger partial charge on any atom is -0.378 e.